The number of benzene rings is 1. The molecule has 3 unspecified atom stereocenters. The molecule has 4 rings (SSSR count). The molecule has 202 valence electrons. The number of rotatable bonds is 7. The van der Waals surface area contributed by atoms with Crippen LogP contribution in [0.4, 0.5) is 5.69 Å². The maximum Gasteiger partial charge on any atom is 0.251 e. The van der Waals surface area contributed by atoms with Crippen LogP contribution in [-0.2, 0) is 15.0 Å². The first-order valence-electron chi connectivity index (χ1n) is 13.6. The van der Waals surface area contributed by atoms with Crippen molar-refractivity contribution >= 4 is 17.5 Å². The number of aliphatic hydroxyl groups is 1. The highest BCUT2D eigenvalue weighted by molar-refractivity contribution is 6.03. The molecule has 0 bridgehead atoms. The molecule has 3 atom stereocenters. The molecule has 2 heterocycles. The summed E-state index contributed by atoms with van der Waals surface area (Å²) in [5.74, 6) is -0.0918. The van der Waals surface area contributed by atoms with Crippen LogP contribution in [0.25, 0.3) is 0 Å². The van der Waals surface area contributed by atoms with Gasteiger partial charge in [-0.2, -0.15) is 0 Å². The van der Waals surface area contributed by atoms with Crippen LogP contribution in [-0.4, -0.2) is 56.4 Å². The number of carbonyl (C=O) groups excluding carboxylic acids is 2. The van der Waals surface area contributed by atoms with Gasteiger partial charge in [0.2, 0.25) is 5.91 Å². The predicted molar refractivity (Wildman–Crippen MR) is 143 cm³/mol. The third kappa shape index (κ3) is 6.21. The summed E-state index contributed by atoms with van der Waals surface area (Å²) >= 11 is 0. The van der Waals surface area contributed by atoms with Crippen molar-refractivity contribution in [2.24, 2.45) is 0 Å². The monoisotopic (exact) mass is 510 g/mol. The average molecular weight is 511 g/mol. The summed E-state index contributed by atoms with van der Waals surface area (Å²) in [4.78, 5) is 29.7. The maximum absolute atomic E-state index is 14.1. The van der Waals surface area contributed by atoms with Crippen molar-refractivity contribution in [3.05, 3.63) is 42.0 Å². The van der Waals surface area contributed by atoms with E-state index in [2.05, 4.69) is 41.6 Å². The Balaban J connectivity index is 1.79. The zero-order chi connectivity index (χ0) is 26.7. The van der Waals surface area contributed by atoms with Crippen molar-refractivity contribution < 1.29 is 14.7 Å². The highest BCUT2D eigenvalue weighted by atomic mass is 16.3. The molecule has 2 aliphatic rings. The van der Waals surface area contributed by atoms with Gasteiger partial charge in [-0.05, 0) is 56.2 Å². The number of aliphatic hydroxyl groups excluding tert-OH is 1. The van der Waals surface area contributed by atoms with E-state index in [1.807, 2.05) is 42.7 Å². The SMILES string of the molecule is CC(C)n1cnnc1C(C(=O)NC1CCCCC1)N(C(=O)C1CC(O)CN1)c1ccc(C(C)(C)C)cc1. The second kappa shape index (κ2) is 11.3. The number of β-amino-alcohol motifs (C(OH)–C–C–N with tert-alkyl or cyclic N) is 1. The third-order valence-electron chi connectivity index (χ3n) is 7.51. The third-order valence-corrected chi connectivity index (χ3v) is 7.51. The van der Waals surface area contributed by atoms with Gasteiger partial charge in [0.05, 0.1) is 12.1 Å². The smallest absolute Gasteiger partial charge is 0.251 e. The van der Waals surface area contributed by atoms with Crippen molar-refractivity contribution in [3.8, 4) is 0 Å². The fourth-order valence-electron chi connectivity index (χ4n) is 5.32. The predicted octanol–water partition coefficient (Wildman–Crippen LogP) is 3.40. The average Bonchev–Trinajstić information content (AvgIpc) is 3.51. The highest BCUT2D eigenvalue weighted by Crippen LogP contribution is 2.33. The molecular weight excluding hydrogens is 468 g/mol. The van der Waals surface area contributed by atoms with Gasteiger partial charge in [0.1, 0.15) is 6.33 Å². The molecule has 1 saturated heterocycles. The Bertz CT molecular complexity index is 1070. The summed E-state index contributed by atoms with van der Waals surface area (Å²) in [5, 5.41) is 25.0. The van der Waals surface area contributed by atoms with Crippen molar-refractivity contribution in [1.82, 2.24) is 25.4 Å². The lowest BCUT2D eigenvalue weighted by Crippen LogP contribution is -2.52. The molecule has 0 spiro atoms. The topological polar surface area (TPSA) is 112 Å². The van der Waals surface area contributed by atoms with Gasteiger partial charge >= 0.3 is 0 Å². The Kier molecular flexibility index (Phi) is 8.33. The number of nitrogens with one attached hydrogen (secondary N) is 2. The van der Waals surface area contributed by atoms with Crippen LogP contribution in [0.5, 0.6) is 0 Å². The summed E-state index contributed by atoms with van der Waals surface area (Å²) in [6.45, 7) is 10.8. The first-order chi connectivity index (χ1) is 17.6. The summed E-state index contributed by atoms with van der Waals surface area (Å²) in [6.07, 6.45) is 6.51. The van der Waals surface area contributed by atoms with Crippen LogP contribution in [0, 0.1) is 0 Å². The van der Waals surface area contributed by atoms with Crippen LogP contribution in [0.1, 0.15) is 96.6 Å². The minimum atomic E-state index is -1.00. The van der Waals surface area contributed by atoms with Gasteiger partial charge in [0.15, 0.2) is 11.9 Å². The van der Waals surface area contributed by atoms with E-state index < -0.39 is 18.2 Å². The number of aromatic nitrogens is 3. The van der Waals surface area contributed by atoms with Crippen molar-refractivity contribution in [2.45, 2.75) is 109 Å². The second-order valence-electron chi connectivity index (χ2n) is 11.8. The van der Waals surface area contributed by atoms with Crippen molar-refractivity contribution in [1.29, 1.82) is 0 Å². The number of anilines is 1. The van der Waals surface area contributed by atoms with E-state index in [9.17, 15) is 14.7 Å². The highest BCUT2D eigenvalue weighted by Gasteiger charge is 2.41. The van der Waals surface area contributed by atoms with Crippen molar-refractivity contribution in [2.75, 3.05) is 11.4 Å². The summed E-state index contributed by atoms with van der Waals surface area (Å²) in [5.41, 5.74) is 1.69. The molecule has 9 nitrogen and oxygen atoms in total. The molecule has 0 radical (unpaired) electrons. The van der Waals surface area contributed by atoms with Gasteiger partial charge in [0.25, 0.3) is 5.91 Å². The van der Waals surface area contributed by atoms with Crippen LogP contribution >= 0.6 is 0 Å². The van der Waals surface area contributed by atoms with E-state index in [0.29, 0.717) is 24.5 Å². The lowest BCUT2D eigenvalue weighted by atomic mass is 9.87. The molecule has 1 saturated carbocycles. The minimum absolute atomic E-state index is 0.00151. The fraction of sp³-hybridized carbons (Fsp3) is 0.643. The molecule has 1 aliphatic carbocycles. The van der Waals surface area contributed by atoms with Gasteiger partial charge in [-0.1, -0.05) is 52.2 Å². The second-order valence-corrected chi connectivity index (χ2v) is 11.8. The molecule has 2 aromatic rings. The standard InChI is InChI=1S/C28H42N6O3/c1-18(2)33-17-30-32-25(33)24(26(36)31-20-9-7-6-8-10-20)34(27(37)23-15-22(35)16-29-23)21-13-11-19(12-14-21)28(3,4)5/h11-14,17-18,20,22-24,29,35H,6-10,15-16H2,1-5H3,(H,31,36). The Morgan fingerprint density at radius 3 is 2.38 bits per heavy atom. The lowest BCUT2D eigenvalue weighted by Gasteiger charge is -2.34. The van der Waals surface area contributed by atoms with E-state index in [0.717, 1.165) is 31.2 Å². The summed E-state index contributed by atoms with van der Waals surface area (Å²) < 4.78 is 1.85. The van der Waals surface area contributed by atoms with Crippen LogP contribution < -0.4 is 15.5 Å². The number of amides is 2. The van der Waals surface area contributed by atoms with Gasteiger partial charge in [-0.25, -0.2) is 0 Å². The van der Waals surface area contributed by atoms with E-state index in [4.69, 9.17) is 0 Å². The minimum Gasteiger partial charge on any atom is -0.392 e. The molecule has 1 aliphatic heterocycles. The van der Waals surface area contributed by atoms with Gasteiger partial charge in [0, 0.05) is 24.3 Å². The first kappa shape index (κ1) is 27.3. The molecule has 2 amide bonds. The molecule has 3 N–H and O–H groups in total. The van der Waals surface area contributed by atoms with Crippen LogP contribution in [0.3, 0.4) is 0 Å². The summed E-state index contributed by atoms with van der Waals surface area (Å²) in [6, 6.07) is 6.30. The molecule has 2 fully saturated rings. The van der Waals surface area contributed by atoms with Crippen LogP contribution in [0.15, 0.2) is 30.6 Å². The normalized spacial score (nSPS) is 21.7. The van der Waals surface area contributed by atoms with Crippen LogP contribution in [0.2, 0.25) is 0 Å². The molecule has 1 aromatic carbocycles. The zero-order valence-electron chi connectivity index (χ0n) is 22.8. The maximum atomic E-state index is 14.1. The fourth-order valence-corrected chi connectivity index (χ4v) is 5.32. The van der Waals surface area contributed by atoms with Gasteiger partial charge < -0.3 is 20.3 Å². The summed E-state index contributed by atoms with van der Waals surface area (Å²) in [7, 11) is 0. The lowest BCUT2D eigenvalue weighted by molar-refractivity contribution is -0.128. The molecule has 9 heteroatoms. The number of hydrogen-bond acceptors (Lipinski definition) is 6. The van der Waals surface area contributed by atoms with E-state index in [1.54, 1.807) is 11.2 Å². The van der Waals surface area contributed by atoms with Crippen molar-refractivity contribution in [3.63, 3.8) is 0 Å². The molecular formula is C28H42N6O3. The largest absolute Gasteiger partial charge is 0.392 e. The number of nitrogens with zero attached hydrogens (tertiary/aromatic N) is 4. The number of hydrogen-bond donors (Lipinski definition) is 3. The molecule has 37 heavy (non-hydrogen) atoms. The van der Waals surface area contributed by atoms with E-state index in [1.165, 1.54) is 6.42 Å². The van der Waals surface area contributed by atoms with E-state index in [-0.39, 0.29) is 29.3 Å². The quantitative estimate of drug-likeness (QED) is 0.526. The number of carbonyl (C=O) groups is 2. The van der Waals surface area contributed by atoms with E-state index >= 15 is 0 Å². The van der Waals surface area contributed by atoms with Gasteiger partial charge in [-0.15, -0.1) is 10.2 Å². The Morgan fingerprint density at radius 1 is 1.14 bits per heavy atom. The first-order valence-corrected chi connectivity index (χ1v) is 13.6. The zero-order valence-corrected chi connectivity index (χ0v) is 22.8. The Labute approximate surface area is 220 Å². The Hall–Kier alpha value is -2.78. The molecule has 1 aromatic heterocycles. The Morgan fingerprint density at radius 2 is 1.81 bits per heavy atom. The van der Waals surface area contributed by atoms with Gasteiger partial charge in [-0.3, -0.25) is 14.5 Å².